The van der Waals surface area contributed by atoms with Crippen LogP contribution >= 0.6 is 0 Å². The second kappa shape index (κ2) is 5.34. The first-order valence-corrected chi connectivity index (χ1v) is 6.73. The second-order valence-corrected chi connectivity index (χ2v) is 5.16. The van der Waals surface area contributed by atoms with Crippen LogP contribution in [0.2, 0.25) is 0 Å². The van der Waals surface area contributed by atoms with Crippen LogP contribution in [0.5, 0.6) is 11.5 Å². The Hall–Kier alpha value is -2.13. The molecule has 0 aromatic heterocycles. The Kier molecular flexibility index (Phi) is 3.88. The molecule has 0 radical (unpaired) electrons. The van der Waals surface area contributed by atoms with Gasteiger partial charge in [-0.25, -0.2) is 8.78 Å². The summed E-state index contributed by atoms with van der Waals surface area (Å²) in [6.07, 6.45) is 0. The fourth-order valence-corrected chi connectivity index (χ4v) is 2.15. The normalized spacial score (nSPS) is 11.5. The van der Waals surface area contributed by atoms with Gasteiger partial charge in [0.1, 0.15) is 5.75 Å². The predicted octanol–water partition coefficient (Wildman–Crippen LogP) is 3.28. The molecule has 0 unspecified atom stereocenters. The van der Waals surface area contributed by atoms with Crippen molar-refractivity contribution >= 4 is 10.1 Å². The van der Waals surface area contributed by atoms with Crippen LogP contribution < -0.4 is 4.74 Å². The van der Waals surface area contributed by atoms with Gasteiger partial charge in [-0.3, -0.25) is 4.55 Å². The van der Waals surface area contributed by atoms with Gasteiger partial charge in [-0.05, 0) is 12.1 Å². The second-order valence-electron chi connectivity index (χ2n) is 3.80. The summed E-state index contributed by atoms with van der Waals surface area (Å²) in [5.74, 6) is -10.3. The largest absolute Gasteiger partial charge is 0.451 e. The van der Waals surface area contributed by atoms with Crippen LogP contribution in [-0.4, -0.2) is 13.0 Å². The van der Waals surface area contributed by atoms with Gasteiger partial charge in [0.25, 0.3) is 0 Å². The van der Waals surface area contributed by atoms with E-state index in [1.165, 1.54) is 24.3 Å². The summed E-state index contributed by atoms with van der Waals surface area (Å²) < 4.78 is 89.0. The van der Waals surface area contributed by atoms with Crippen molar-refractivity contribution in [2.24, 2.45) is 0 Å². The monoisotopic (exact) mass is 322 g/mol. The Balaban J connectivity index is 2.65. The van der Waals surface area contributed by atoms with Crippen LogP contribution in [0.3, 0.4) is 0 Å². The maximum absolute atomic E-state index is 13.6. The lowest BCUT2D eigenvalue weighted by Gasteiger charge is -2.11. The quantitative estimate of drug-likeness (QED) is 0.535. The van der Waals surface area contributed by atoms with Crippen molar-refractivity contribution in [3.05, 3.63) is 53.6 Å². The highest BCUT2D eigenvalue weighted by Gasteiger charge is 2.33. The van der Waals surface area contributed by atoms with Gasteiger partial charge >= 0.3 is 10.1 Å². The molecule has 4 nitrogen and oxygen atoms in total. The smallest absolute Gasteiger partial charge is 0.300 e. The fraction of sp³-hybridized carbons (Fsp3) is 0. The van der Waals surface area contributed by atoms with Crippen molar-refractivity contribution in [3.63, 3.8) is 0 Å². The Labute approximate surface area is 116 Å². The van der Waals surface area contributed by atoms with Gasteiger partial charge < -0.3 is 4.74 Å². The van der Waals surface area contributed by atoms with Crippen molar-refractivity contribution < 1.29 is 35.3 Å². The molecule has 0 amide bonds. The first-order chi connectivity index (χ1) is 9.73. The lowest BCUT2D eigenvalue weighted by molar-refractivity contribution is 0.346. The minimum atomic E-state index is -5.48. The molecule has 0 aliphatic carbocycles. The van der Waals surface area contributed by atoms with Gasteiger partial charge in [0.15, 0.2) is 16.5 Å². The number of rotatable bonds is 3. The summed E-state index contributed by atoms with van der Waals surface area (Å²) in [6, 6.07) is 6.94. The summed E-state index contributed by atoms with van der Waals surface area (Å²) in [6.45, 7) is 0. The number of hydrogen-bond donors (Lipinski definition) is 1. The molecule has 9 heteroatoms. The molecule has 0 aliphatic heterocycles. The Morgan fingerprint density at radius 1 is 0.857 bits per heavy atom. The van der Waals surface area contributed by atoms with Crippen LogP contribution in [0.15, 0.2) is 35.2 Å². The van der Waals surface area contributed by atoms with E-state index in [9.17, 15) is 26.0 Å². The molecular weight excluding hydrogens is 316 g/mol. The number of ether oxygens (including phenoxy) is 1. The molecule has 0 heterocycles. The number of hydrogen-bond acceptors (Lipinski definition) is 3. The van der Waals surface area contributed by atoms with Crippen LogP contribution in [0.1, 0.15) is 0 Å². The molecule has 2 aromatic carbocycles. The van der Waals surface area contributed by atoms with Crippen molar-refractivity contribution in [1.82, 2.24) is 0 Å². The maximum Gasteiger partial charge on any atom is 0.300 e. The Morgan fingerprint density at radius 3 is 1.76 bits per heavy atom. The van der Waals surface area contributed by atoms with Crippen LogP contribution in [0.25, 0.3) is 0 Å². The van der Waals surface area contributed by atoms with E-state index in [2.05, 4.69) is 4.74 Å². The summed E-state index contributed by atoms with van der Waals surface area (Å²) in [7, 11) is -5.48. The highest BCUT2D eigenvalue weighted by molar-refractivity contribution is 7.85. The molecule has 0 aliphatic rings. The standard InChI is InChI=1S/C12H6F4O4S/c13-7-9(15)12(21(17,18)19)10(16)8(14)11(7)20-6-4-2-1-3-5-6/h1-5H,(H,17,18,19). The molecule has 0 spiro atoms. The zero-order valence-electron chi connectivity index (χ0n) is 9.98. The molecule has 0 fully saturated rings. The van der Waals surface area contributed by atoms with E-state index >= 15 is 0 Å². The van der Waals surface area contributed by atoms with Crippen molar-refractivity contribution in [1.29, 1.82) is 0 Å². The van der Waals surface area contributed by atoms with Gasteiger partial charge in [-0.1, -0.05) is 18.2 Å². The van der Waals surface area contributed by atoms with Crippen molar-refractivity contribution in [3.8, 4) is 11.5 Å². The molecule has 0 saturated heterocycles. The van der Waals surface area contributed by atoms with E-state index < -0.39 is 44.0 Å². The average molecular weight is 322 g/mol. The summed E-state index contributed by atoms with van der Waals surface area (Å²) in [5, 5.41) is 0. The topological polar surface area (TPSA) is 63.6 Å². The van der Waals surface area contributed by atoms with Crippen LogP contribution in [0, 0.1) is 23.3 Å². The molecule has 112 valence electrons. The van der Waals surface area contributed by atoms with Crippen LogP contribution in [0.4, 0.5) is 17.6 Å². The zero-order valence-corrected chi connectivity index (χ0v) is 10.8. The van der Waals surface area contributed by atoms with Gasteiger partial charge in [0.2, 0.25) is 17.4 Å². The number of halogens is 4. The SMILES string of the molecule is O=S(=O)(O)c1c(F)c(F)c(Oc2ccccc2)c(F)c1F. The molecular formula is C12H6F4O4S. The summed E-state index contributed by atoms with van der Waals surface area (Å²) in [4.78, 5) is -2.11. The maximum atomic E-state index is 13.6. The minimum absolute atomic E-state index is 0.131. The Bertz CT molecular complexity index is 762. The molecule has 2 aromatic rings. The minimum Gasteiger partial charge on any atom is -0.451 e. The van der Waals surface area contributed by atoms with Crippen molar-refractivity contribution in [2.75, 3.05) is 0 Å². The fourth-order valence-electron chi connectivity index (χ4n) is 1.51. The van der Waals surface area contributed by atoms with E-state index in [0.29, 0.717) is 0 Å². The molecule has 1 N–H and O–H groups in total. The van der Waals surface area contributed by atoms with Gasteiger partial charge in [-0.2, -0.15) is 17.2 Å². The van der Waals surface area contributed by atoms with E-state index in [0.717, 1.165) is 0 Å². The Morgan fingerprint density at radius 2 is 1.33 bits per heavy atom. The van der Waals surface area contributed by atoms with E-state index in [1.807, 2.05) is 0 Å². The number of para-hydroxylation sites is 1. The van der Waals surface area contributed by atoms with Gasteiger partial charge in [0.05, 0.1) is 0 Å². The first-order valence-electron chi connectivity index (χ1n) is 5.29. The van der Waals surface area contributed by atoms with Gasteiger partial charge in [-0.15, -0.1) is 0 Å². The molecule has 0 atom stereocenters. The first kappa shape index (κ1) is 15.3. The van der Waals surface area contributed by atoms with Gasteiger partial charge in [0, 0.05) is 0 Å². The third kappa shape index (κ3) is 2.83. The third-order valence-electron chi connectivity index (χ3n) is 2.40. The summed E-state index contributed by atoms with van der Waals surface area (Å²) in [5.41, 5.74) is 0. The van der Waals surface area contributed by atoms with Crippen LogP contribution in [-0.2, 0) is 10.1 Å². The van der Waals surface area contributed by atoms with Crippen molar-refractivity contribution in [2.45, 2.75) is 4.90 Å². The summed E-state index contributed by atoms with van der Waals surface area (Å²) >= 11 is 0. The highest BCUT2D eigenvalue weighted by Crippen LogP contribution is 2.34. The van der Waals surface area contributed by atoms with E-state index in [4.69, 9.17) is 4.55 Å². The number of benzene rings is 2. The predicted molar refractivity (Wildman–Crippen MR) is 62.6 cm³/mol. The average Bonchev–Trinajstić information content (AvgIpc) is 2.41. The molecule has 2 rings (SSSR count). The zero-order chi connectivity index (χ0) is 15.8. The van der Waals surface area contributed by atoms with E-state index in [-0.39, 0.29) is 5.75 Å². The lowest BCUT2D eigenvalue weighted by atomic mass is 10.2. The molecule has 21 heavy (non-hydrogen) atoms. The molecule has 0 bridgehead atoms. The third-order valence-corrected chi connectivity index (χ3v) is 3.28. The molecule has 0 saturated carbocycles. The lowest BCUT2D eigenvalue weighted by Crippen LogP contribution is -2.11. The highest BCUT2D eigenvalue weighted by atomic mass is 32.2. The van der Waals surface area contributed by atoms with E-state index in [1.54, 1.807) is 6.07 Å².